The van der Waals surface area contributed by atoms with E-state index >= 15 is 0 Å². The summed E-state index contributed by atoms with van der Waals surface area (Å²) in [5.74, 6) is 5.69. The Morgan fingerprint density at radius 3 is 0.982 bits per heavy atom. The Morgan fingerprint density at radius 1 is 0.357 bits per heavy atom. The lowest BCUT2D eigenvalue weighted by Gasteiger charge is -2.22. The van der Waals surface area contributed by atoms with Gasteiger partial charge in [0.05, 0.1) is 50.8 Å². The molecule has 0 N–H and O–H groups in total. The predicted octanol–water partition coefficient (Wildman–Crippen LogP) is 14.7. The molecule has 0 amide bonds. The second-order valence-corrected chi connectivity index (χ2v) is 15.8. The van der Waals surface area contributed by atoms with Crippen molar-refractivity contribution in [1.29, 1.82) is 0 Å². The second-order valence-electron chi connectivity index (χ2n) is 15.8. The molecule has 6 heteroatoms. The van der Waals surface area contributed by atoms with Gasteiger partial charge in [-0.2, -0.15) is 0 Å². The highest BCUT2D eigenvalue weighted by Crippen LogP contribution is 2.53. The predicted molar refractivity (Wildman–Crippen MR) is 233 cm³/mol. The van der Waals surface area contributed by atoms with Crippen LogP contribution in [0.3, 0.4) is 0 Å². The molecular formula is C50H78O6. The Balaban J connectivity index is 1.75. The third-order valence-corrected chi connectivity index (χ3v) is 11.2. The van der Waals surface area contributed by atoms with Crippen molar-refractivity contribution in [3.8, 4) is 11.5 Å². The standard InChI is InChI=1S/C50H78O6/c1-7-13-19-33-51-43-29-25-27-39-41(47(53-35-21-15-9-3)49(45(39)43)55-37-23-17-11-5)31-32-42-40-28-26-30-44(52-34-20-14-8-2)46(40)50(56-38-24-18-12-6)48(42)54-36-22-16-10-4/h25-30,41-42H,7-24,31-38H2,1-6H3. The fourth-order valence-corrected chi connectivity index (χ4v) is 7.96. The molecular weight excluding hydrogens is 697 g/mol. The third-order valence-electron chi connectivity index (χ3n) is 11.2. The molecule has 0 saturated heterocycles. The normalized spacial score (nSPS) is 16.0. The van der Waals surface area contributed by atoms with Crippen molar-refractivity contribution < 1.29 is 28.4 Å². The van der Waals surface area contributed by atoms with Gasteiger partial charge in [0.2, 0.25) is 0 Å². The minimum Gasteiger partial charge on any atom is -0.493 e. The lowest BCUT2D eigenvalue weighted by molar-refractivity contribution is 0.163. The molecule has 2 unspecified atom stereocenters. The van der Waals surface area contributed by atoms with Gasteiger partial charge >= 0.3 is 0 Å². The number of hydrogen-bond donors (Lipinski definition) is 0. The van der Waals surface area contributed by atoms with Gasteiger partial charge in [-0.05, 0) is 74.6 Å². The highest BCUT2D eigenvalue weighted by Gasteiger charge is 2.41. The second kappa shape index (κ2) is 26.6. The van der Waals surface area contributed by atoms with Gasteiger partial charge in [-0.15, -0.1) is 0 Å². The van der Waals surface area contributed by atoms with Crippen LogP contribution in [0.15, 0.2) is 47.9 Å². The van der Waals surface area contributed by atoms with E-state index in [-0.39, 0.29) is 11.8 Å². The maximum atomic E-state index is 6.86. The molecule has 0 radical (unpaired) electrons. The third kappa shape index (κ3) is 13.1. The van der Waals surface area contributed by atoms with Gasteiger partial charge in [0.25, 0.3) is 0 Å². The summed E-state index contributed by atoms with van der Waals surface area (Å²) in [6.45, 7) is 17.6. The summed E-state index contributed by atoms with van der Waals surface area (Å²) >= 11 is 0. The van der Waals surface area contributed by atoms with Gasteiger partial charge in [-0.25, -0.2) is 0 Å². The van der Waals surface area contributed by atoms with Crippen LogP contribution in [0.2, 0.25) is 0 Å². The molecule has 0 aliphatic heterocycles. The van der Waals surface area contributed by atoms with Crippen molar-refractivity contribution >= 4 is 11.5 Å². The Hall–Kier alpha value is -3.28. The molecule has 0 aromatic heterocycles. The number of fused-ring (bicyclic) bond motifs is 2. The number of unbranched alkanes of at least 4 members (excludes halogenated alkanes) is 12. The van der Waals surface area contributed by atoms with E-state index < -0.39 is 0 Å². The number of rotatable bonds is 33. The van der Waals surface area contributed by atoms with E-state index in [1.165, 1.54) is 24.0 Å². The minimum absolute atomic E-state index is 0.0554. The smallest absolute Gasteiger partial charge is 0.168 e. The van der Waals surface area contributed by atoms with Crippen molar-refractivity contribution in [1.82, 2.24) is 0 Å². The lowest BCUT2D eigenvalue weighted by atomic mass is 9.87. The zero-order valence-electron chi connectivity index (χ0n) is 36.5. The number of allylic oxidation sites excluding steroid dienone is 2. The van der Waals surface area contributed by atoms with Crippen LogP contribution in [0.4, 0.5) is 0 Å². The molecule has 0 heterocycles. The van der Waals surface area contributed by atoms with Crippen molar-refractivity contribution in [3.63, 3.8) is 0 Å². The van der Waals surface area contributed by atoms with Crippen LogP contribution in [-0.4, -0.2) is 39.6 Å². The monoisotopic (exact) mass is 775 g/mol. The molecule has 6 nitrogen and oxygen atoms in total. The fraction of sp³-hybridized carbons (Fsp3) is 0.680. The first kappa shape index (κ1) is 45.4. The average molecular weight is 775 g/mol. The first-order valence-electron chi connectivity index (χ1n) is 23.2. The Bertz CT molecular complexity index is 1350. The van der Waals surface area contributed by atoms with E-state index in [2.05, 4.69) is 77.9 Å². The molecule has 2 aromatic carbocycles. The molecule has 2 aliphatic rings. The topological polar surface area (TPSA) is 55.4 Å². The first-order chi connectivity index (χ1) is 27.6. The molecule has 314 valence electrons. The van der Waals surface area contributed by atoms with Crippen LogP contribution in [0.5, 0.6) is 11.5 Å². The van der Waals surface area contributed by atoms with Gasteiger partial charge in [0.15, 0.2) is 11.5 Å². The summed E-state index contributed by atoms with van der Waals surface area (Å²) in [6.07, 6.45) is 21.8. The maximum absolute atomic E-state index is 6.86. The van der Waals surface area contributed by atoms with Crippen molar-refractivity contribution in [2.24, 2.45) is 0 Å². The SMILES string of the molecule is CCCCCOC1=C(OCCCCC)C(CCC2C(OCCCCC)=C(OCCCCC)c3c(OCCCCC)cccc32)c2cccc(OCCCCC)c21. The molecule has 2 aliphatic carbocycles. The number of ether oxygens (including phenoxy) is 6. The molecule has 0 fully saturated rings. The average Bonchev–Trinajstić information content (AvgIpc) is 3.69. The maximum Gasteiger partial charge on any atom is 0.168 e. The highest BCUT2D eigenvalue weighted by atomic mass is 16.5. The van der Waals surface area contributed by atoms with E-state index in [0.717, 1.165) is 161 Å². The van der Waals surface area contributed by atoms with Crippen molar-refractivity contribution in [2.45, 2.75) is 182 Å². The van der Waals surface area contributed by atoms with E-state index in [4.69, 9.17) is 28.4 Å². The Labute approximate surface area is 342 Å². The number of benzene rings is 2. The van der Waals surface area contributed by atoms with Gasteiger partial charge in [-0.1, -0.05) is 143 Å². The number of hydrogen-bond acceptors (Lipinski definition) is 6. The van der Waals surface area contributed by atoms with Crippen LogP contribution in [-0.2, 0) is 18.9 Å². The van der Waals surface area contributed by atoms with E-state index in [1.54, 1.807) is 0 Å². The van der Waals surface area contributed by atoms with E-state index in [1.807, 2.05) is 0 Å². The van der Waals surface area contributed by atoms with Crippen LogP contribution < -0.4 is 9.47 Å². The van der Waals surface area contributed by atoms with E-state index in [9.17, 15) is 0 Å². The zero-order chi connectivity index (χ0) is 39.8. The summed E-state index contributed by atoms with van der Waals surface area (Å²) in [6, 6.07) is 13.1. The van der Waals surface area contributed by atoms with Crippen LogP contribution in [0, 0.1) is 0 Å². The highest BCUT2D eigenvalue weighted by molar-refractivity contribution is 5.78. The Morgan fingerprint density at radius 2 is 0.661 bits per heavy atom. The molecule has 0 spiro atoms. The first-order valence-corrected chi connectivity index (χ1v) is 23.2. The largest absolute Gasteiger partial charge is 0.493 e. The zero-order valence-corrected chi connectivity index (χ0v) is 36.5. The van der Waals surface area contributed by atoms with Crippen LogP contribution >= 0.6 is 0 Å². The van der Waals surface area contributed by atoms with Gasteiger partial charge < -0.3 is 28.4 Å². The van der Waals surface area contributed by atoms with E-state index in [0.29, 0.717) is 39.6 Å². The van der Waals surface area contributed by atoms with Gasteiger partial charge in [0, 0.05) is 11.8 Å². The summed E-state index contributed by atoms with van der Waals surface area (Å²) in [7, 11) is 0. The summed E-state index contributed by atoms with van der Waals surface area (Å²) in [4.78, 5) is 0. The molecule has 0 bridgehead atoms. The van der Waals surface area contributed by atoms with Gasteiger partial charge in [0.1, 0.15) is 23.0 Å². The summed E-state index contributed by atoms with van der Waals surface area (Å²) in [5.41, 5.74) is 4.70. The molecule has 4 rings (SSSR count). The van der Waals surface area contributed by atoms with Crippen LogP contribution in [0.1, 0.15) is 204 Å². The Kier molecular flexibility index (Phi) is 21.6. The van der Waals surface area contributed by atoms with Crippen molar-refractivity contribution in [2.75, 3.05) is 39.6 Å². The lowest BCUT2D eigenvalue weighted by Crippen LogP contribution is -2.10. The molecule has 0 saturated carbocycles. The molecule has 2 aromatic rings. The minimum atomic E-state index is 0.0554. The van der Waals surface area contributed by atoms with Crippen LogP contribution in [0.25, 0.3) is 11.5 Å². The van der Waals surface area contributed by atoms with Gasteiger partial charge in [-0.3, -0.25) is 0 Å². The summed E-state index contributed by atoms with van der Waals surface area (Å²) in [5, 5.41) is 0. The molecule has 56 heavy (non-hydrogen) atoms. The van der Waals surface area contributed by atoms with Crippen molar-refractivity contribution in [3.05, 3.63) is 70.2 Å². The summed E-state index contributed by atoms with van der Waals surface area (Å²) < 4.78 is 40.4. The fourth-order valence-electron chi connectivity index (χ4n) is 7.96. The molecule has 2 atom stereocenters. The quantitative estimate of drug-likeness (QED) is 0.0673.